The summed E-state index contributed by atoms with van der Waals surface area (Å²) in [5.74, 6) is 0. The number of carbonyl (C=O) groups excluding carboxylic acids is 1. The standard InChI is InChI=1S/C18H17P.2C18H15P.CO.Rh/c3*1-4-10-16(11-5-1)19(17-12-6-2-7-13-17)18-14-8-3-9-15-18;1-2;/h1-14,18H,15H2;2*1-15H;;. The third-order valence-corrected chi connectivity index (χ3v) is 17.1. The summed E-state index contributed by atoms with van der Waals surface area (Å²) in [6.45, 7) is 4.50. The Balaban J connectivity index is 0.000000166. The minimum atomic E-state index is -0.446. The Bertz CT molecular complexity index is 2040. The van der Waals surface area contributed by atoms with Crippen molar-refractivity contribution in [2.24, 2.45) is 0 Å². The van der Waals surface area contributed by atoms with Gasteiger partial charge in [-0.1, -0.05) is 267 Å². The van der Waals surface area contributed by atoms with Crippen molar-refractivity contribution in [1.29, 1.82) is 0 Å². The minimum Gasteiger partial charge on any atom is -0.281 e. The second-order valence-corrected chi connectivity index (χ2v) is 20.2. The van der Waals surface area contributed by atoms with Crippen LogP contribution >= 0.6 is 23.8 Å². The van der Waals surface area contributed by atoms with Crippen molar-refractivity contribution in [2.45, 2.75) is 12.1 Å². The third kappa shape index (κ3) is 13.4. The zero-order valence-corrected chi connectivity index (χ0v) is 37.6. The molecule has 0 amide bonds. The molecule has 1 aliphatic carbocycles. The molecule has 0 saturated heterocycles. The summed E-state index contributed by atoms with van der Waals surface area (Å²) in [6, 6.07) is 86.5. The van der Waals surface area contributed by atoms with Gasteiger partial charge >= 0.3 is 0 Å². The van der Waals surface area contributed by atoms with E-state index in [1.807, 2.05) is 0 Å². The van der Waals surface area contributed by atoms with E-state index in [4.69, 9.17) is 4.79 Å². The van der Waals surface area contributed by atoms with Gasteiger partial charge in [0.2, 0.25) is 0 Å². The first-order valence-corrected chi connectivity index (χ1v) is 23.8. The molecule has 5 heteroatoms. The summed E-state index contributed by atoms with van der Waals surface area (Å²) in [5, 5.41) is 11.3. The van der Waals surface area contributed by atoms with Crippen molar-refractivity contribution in [3.63, 3.8) is 0 Å². The fraction of sp³-hybridized carbons (Fsp3) is 0.0364. The maximum absolute atomic E-state index is 7.50. The Kier molecular flexibility index (Phi) is 20.0. The molecule has 0 aliphatic heterocycles. The minimum absolute atomic E-state index is 0. The van der Waals surface area contributed by atoms with Crippen molar-refractivity contribution in [2.75, 3.05) is 0 Å². The van der Waals surface area contributed by atoms with Crippen LogP contribution in [0.25, 0.3) is 0 Å². The SMILES string of the molecule is C1=CCC(P(c2ccccc2)c2ccccc2)C=C1.[C]=O.[Rh].c1ccc(P(c2ccccc2)c2ccccc2)cc1.c1ccc(P(c2ccccc2)c2ccccc2)cc1. The summed E-state index contributed by atoms with van der Waals surface area (Å²) < 4.78 is 0. The van der Waals surface area contributed by atoms with E-state index < -0.39 is 15.8 Å². The zero-order chi connectivity index (χ0) is 40.7. The zero-order valence-electron chi connectivity index (χ0n) is 33.3. The first kappa shape index (κ1) is 45.9. The van der Waals surface area contributed by atoms with E-state index in [-0.39, 0.29) is 27.4 Å². The summed E-state index contributed by atoms with van der Waals surface area (Å²) in [7, 11) is -1.20. The van der Waals surface area contributed by atoms with E-state index in [0.29, 0.717) is 5.66 Å². The van der Waals surface area contributed by atoms with Gasteiger partial charge in [0.15, 0.2) is 0 Å². The molecule has 3 radical (unpaired) electrons. The van der Waals surface area contributed by atoms with Crippen LogP contribution in [0.4, 0.5) is 0 Å². The van der Waals surface area contributed by atoms with E-state index in [2.05, 4.69) is 274 Å². The Morgan fingerprint density at radius 3 is 0.733 bits per heavy atom. The number of hydrogen-bond acceptors (Lipinski definition) is 1. The molecule has 8 aromatic rings. The molecular formula is C55H47OP3Rh. The molecule has 1 aliphatic rings. The van der Waals surface area contributed by atoms with Gasteiger partial charge in [-0.05, 0) is 72.6 Å². The largest absolute Gasteiger partial charge is 0.281 e. The summed E-state index contributed by atoms with van der Waals surface area (Å²) >= 11 is 0. The molecule has 0 saturated carbocycles. The Morgan fingerprint density at radius 1 is 0.317 bits per heavy atom. The average molecular weight is 920 g/mol. The third-order valence-electron chi connectivity index (χ3n) is 9.44. The Labute approximate surface area is 374 Å². The van der Waals surface area contributed by atoms with E-state index in [9.17, 15) is 0 Å². The molecule has 1 nitrogen and oxygen atoms in total. The molecule has 0 fully saturated rings. The second-order valence-electron chi connectivity index (χ2n) is 13.3. The molecule has 60 heavy (non-hydrogen) atoms. The number of hydrogen-bond donors (Lipinski definition) is 0. The van der Waals surface area contributed by atoms with E-state index in [1.54, 1.807) is 0 Å². The van der Waals surface area contributed by atoms with Gasteiger partial charge in [-0.2, -0.15) is 0 Å². The van der Waals surface area contributed by atoms with Crippen molar-refractivity contribution < 1.29 is 24.3 Å². The maximum Gasteiger partial charge on any atom is 0.281 e. The normalized spacial score (nSPS) is 12.4. The van der Waals surface area contributed by atoms with Crippen LogP contribution in [0, 0.1) is 0 Å². The molecular weight excluding hydrogens is 872 g/mol. The van der Waals surface area contributed by atoms with Crippen LogP contribution in [-0.2, 0) is 24.3 Å². The van der Waals surface area contributed by atoms with Gasteiger partial charge in [0.05, 0.1) is 0 Å². The monoisotopic (exact) mass is 919 g/mol. The fourth-order valence-corrected chi connectivity index (χ4v) is 14.1. The molecule has 0 spiro atoms. The molecule has 0 bridgehead atoms. The molecule has 0 aromatic heterocycles. The first-order chi connectivity index (χ1) is 29.3. The van der Waals surface area contributed by atoms with E-state index in [1.165, 1.54) is 42.4 Å². The first-order valence-electron chi connectivity index (χ1n) is 19.7. The second kappa shape index (κ2) is 26.1. The van der Waals surface area contributed by atoms with Crippen LogP contribution in [-0.4, -0.2) is 12.4 Å². The predicted octanol–water partition coefficient (Wildman–Crippen LogP) is 10.5. The quantitative estimate of drug-likeness (QED) is 0.104. The van der Waals surface area contributed by atoms with Gasteiger partial charge in [-0.25, -0.2) is 0 Å². The van der Waals surface area contributed by atoms with Gasteiger partial charge < -0.3 is 0 Å². The molecule has 1 atom stereocenters. The van der Waals surface area contributed by atoms with Crippen molar-refractivity contribution in [1.82, 2.24) is 0 Å². The van der Waals surface area contributed by atoms with Crippen LogP contribution in [0.1, 0.15) is 6.42 Å². The number of allylic oxidation sites excluding steroid dienone is 4. The predicted molar refractivity (Wildman–Crippen MR) is 262 cm³/mol. The van der Waals surface area contributed by atoms with Gasteiger partial charge in [-0.3, -0.25) is 4.79 Å². The fourth-order valence-electron chi connectivity index (χ4n) is 6.83. The van der Waals surface area contributed by atoms with Gasteiger partial charge in [0.25, 0.3) is 6.79 Å². The van der Waals surface area contributed by atoms with Crippen molar-refractivity contribution >= 4 is 73.0 Å². The summed E-state index contributed by atoms with van der Waals surface area (Å²) in [5.41, 5.74) is 0.616. The van der Waals surface area contributed by atoms with Gasteiger partial charge in [0, 0.05) is 25.1 Å². The number of rotatable bonds is 9. The topological polar surface area (TPSA) is 17.1 Å². The Hall–Kier alpha value is -5.18. The van der Waals surface area contributed by atoms with E-state index in [0.717, 1.165) is 6.42 Å². The van der Waals surface area contributed by atoms with Crippen LogP contribution in [0.3, 0.4) is 0 Å². The molecule has 8 aromatic carbocycles. The smallest absolute Gasteiger partial charge is 0.281 e. The molecule has 1 unspecified atom stereocenters. The molecule has 0 N–H and O–H groups in total. The van der Waals surface area contributed by atoms with Crippen molar-refractivity contribution in [3.05, 3.63) is 267 Å². The molecule has 297 valence electrons. The molecule has 9 rings (SSSR count). The maximum atomic E-state index is 7.50. The Morgan fingerprint density at radius 2 is 0.533 bits per heavy atom. The number of benzene rings is 8. The van der Waals surface area contributed by atoms with Gasteiger partial charge in [0.1, 0.15) is 0 Å². The van der Waals surface area contributed by atoms with Crippen LogP contribution in [0.5, 0.6) is 0 Å². The van der Waals surface area contributed by atoms with Gasteiger partial charge in [-0.15, -0.1) is 0 Å². The van der Waals surface area contributed by atoms with Crippen LogP contribution < -0.4 is 42.4 Å². The average Bonchev–Trinajstić information content (AvgIpc) is 3.34. The van der Waals surface area contributed by atoms with Crippen molar-refractivity contribution in [3.8, 4) is 0 Å². The van der Waals surface area contributed by atoms with Crippen LogP contribution in [0.15, 0.2) is 267 Å². The van der Waals surface area contributed by atoms with Crippen LogP contribution in [0.2, 0.25) is 0 Å². The molecule has 0 heterocycles. The van der Waals surface area contributed by atoms with E-state index >= 15 is 0 Å². The summed E-state index contributed by atoms with van der Waals surface area (Å²) in [6.07, 6.45) is 10.1. The summed E-state index contributed by atoms with van der Waals surface area (Å²) in [4.78, 5) is 7.50.